The Bertz CT molecular complexity index is 297. The second kappa shape index (κ2) is 2.50. The maximum atomic E-state index is 10.2. The molecule has 0 radical (unpaired) electrons. The predicted octanol–water partition coefficient (Wildman–Crippen LogP) is 0.823. The third-order valence-electron chi connectivity index (χ3n) is 0.835. The fraction of sp³-hybridized carbons (Fsp3) is 0. The maximum absolute atomic E-state index is 10.2. The SMILES string of the molecule is C#Cc1csc(C(=O)O)n1. The second-order valence-electron chi connectivity index (χ2n) is 1.49. The zero-order valence-electron chi connectivity index (χ0n) is 4.87. The second-order valence-corrected chi connectivity index (χ2v) is 2.35. The van der Waals surface area contributed by atoms with Crippen LogP contribution in [0, 0.1) is 12.3 Å². The summed E-state index contributed by atoms with van der Waals surface area (Å²) in [5.41, 5.74) is 0.377. The molecule has 0 fully saturated rings. The first-order valence-corrected chi connectivity index (χ1v) is 3.27. The monoisotopic (exact) mass is 153 g/mol. The molecule has 0 aromatic carbocycles. The molecule has 0 bridgehead atoms. The van der Waals surface area contributed by atoms with Crippen molar-refractivity contribution in [2.75, 3.05) is 0 Å². The van der Waals surface area contributed by atoms with Gasteiger partial charge >= 0.3 is 5.97 Å². The van der Waals surface area contributed by atoms with Crippen LogP contribution in [0.5, 0.6) is 0 Å². The van der Waals surface area contributed by atoms with Crippen LogP contribution in [-0.2, 0) is 0 Å². The van der Waals surface area contributed by atoms with Crippen molar-refractivity contribution < 1.29 is 9.90 Å². The average Bonchev–Trinajstić information content (AvgIpc) is 2.34. The van der Waals surface area contributed by atoms with Gasteiger partial charge in [0, 0.05) is 5.38 Å². The highest BCUT2D eigenvalue weighted by atomic mass is 32.1. The third kappa shape index (κ3) is 1.14. The number of terminal acetylenes is 1. The van der Waals surface area contributed by atoms with E-state index in [1.165, 1.54) is 5.38 Å². The lowest BCUT2D eigenvalue weighted by Gasteiger charge is -1.78. The van der Waals surface area contributed by atoms with E-state index in [9.17, 15) is 4.79 Å². The van der Waals surface area contributed by atoms with Crippen LogP contribution in [0.2, 0.25) is 0 Å². The van der Waals surface area contributed by atoms with Gasteiger partial charge in [0.25, 0.3) is 0 Å². The molecule has 0 atom stereocenters. The van der Waals surface area contributed by atoms with Crippen LogP contribution >= 0.6 is 11.3 Å². The number of aromatic carboxylic acids is 1. The van der Waals surface area contributed by atoms with Crippen LogP contribution in [0.1, 0.15) is 15.5 Å². The summed E-state index contributed by atoms with van der Waals surface area (Å²) in [6, 6.07) is 0. The molecule has 0 saturated carbocycles. The topological polar surface area (TPSA) is 50.2 Å². The van der Waals surface area contributed by atoms with Crippen LogP contribution < -0.4 is 0 Å². The number of hydrogen-bond acceptors (Lipinski definition) is 3. The zero-order valence-corrected chi connectivity index (χ0v) is 5.68. The molecule has 0 saturated heterocycles. The van der Waals surface area contributed by atoms with Crippen molar-refractivity contribution in [1.82, 2.24) is 4.98 Å². The highest BCUT2D eigenvalue weighted by molar-refractivity contribution is 7.11. The van der Waals surface area contributed by atoms with E-state index >= 15 is 0 Å². The lowest BCUT2D eigenvalue weighted by atomic mass is 10.5. The molecule has 0 spiro atoms. The summed E-state index contributed by atoms with van der Waals surface area (Å²) < 4.78 is 0. The van der Waals surface area contributed by atoms with E-state index in [2.05, 4.69) is 10.9 Å². The fourth-order valence-corrected chi connectivity index (χ4v) is 1.03. The fourth-order valence-electron chi connectivity index (χ4n) is 0.438. The zero-order chi connectivity index (χ0) is 7.56. The number of rotatable bonds is 1. The van der Waals surface area contributed by atoms with Gasteiger partial charge in [0.2, 0.25) is 5.01 Å². The molecule has 1 aromatic rings. The van der Waals surface area contributed by atoms with Crippen LogP contribution in [0.25, 0.3) is 0 Å². The first kappa shape index (κ1) is 6.78. The smallest absolute Gasteiger partial charge is 0.365 e. The highest BCUT2D eigenvalue weighted by Crippen LogP contribution is 2.07. The largest absolute Gasteiger partial charge is 0.476 e. The van der Waals surface area contributed by atoms with Gasteiger partial charge in [0.05, 0.1) is 0 Å². The minimum Gasteiger partial charge on any atom is -0.476 e. The maximum Gasteiger partial charge on any atom is 0.365 e. The van der Waals surface area contributed by atoms with Crippen molar-refractivity contribution in [2.45, 2.75) is 0 Å². The summed E-state index contributed by atoms with van der Waals surface area (Å²) in [5, 5.41) is 9.94. The first-order chi connectivity index (χ1) is 4.74. The van der Waals surface area contributed by atoms with Crippen LogP contribution in [0.15, 0.2) is 5.38 Å². The molecule has 1 N–H and O–H groups in total. The highest BCUT2D eigenvalue weighted by Gasteiger charge is 2.06. The van der Waals surface area contributed by atoms with E-state index in [0.29, 0.717) is 5.69 Å². The Balaban J connectivity index is 3.02. The molecule has 0 unspecified atom stereocenters. The number of thiazole rings is 1. The van der Waals surface area contributed by atoms with E-state index in [4.69, 9.17) is 11.5 Å². The van der Waals surface area contributed by atoms with Crippen molar-refractivity contribution in [3.8, 4) is 12.3 Å². The quantitative estimate of drug-likeness (QED) is 0.608. The van der Waals surface area contributed by atoms with E-state index in [1.54, 1.807) is 0 Å². The lowest BCUT2D eigenvalue weighted by molar-refractivity contribution is 0.0696. The molecule has 0 aliphatic carbocycles. The molecule has 0 amide bonds. The van der Waals surface area contributed by atoms with Gasteiger partial charge in [0.15, 0.2) is 0 Å². The third-order valence-corrected chi connectivity index (χ3v) is 1.67. The number of carboxylic acids is 1. The Morgan fingerprint density at radius 3 is 2.90 bits per heavy atom. The Hall–Kier alpha value is -1.34. The number of aromatic nitrogens is 1. The molecule has 1 heterocycles. The summed E-state index contributed by atoms with van der Waals surface area (Å²) in [4.78, 5) is 13.8. The molecule has 4 heteroatoms. The minimum atomic E-state index is -1.04. The standard InChI is InChI=1S/C6H3NO2S/c1-2-4-3-10-5(7-4)6(8)9/h1,3H,(H,8,9). The van der Waals surface area contributed by atoms with Gasteiger partial charge in [-0.25, -0.2) is 9.78 Å². The minimum absolute atomic E-state index is 0.0351. The molecule has 3 nitrogen and oxygen atoms in total. The van der Waals surface area contributed by atoms with Gasteiger partial charge in [-0.2, -0.15) is 0 Å². The van der Waals surface area contributed by atoms with Crippen molar-refractivity contribution in [3.63, 3.8) is 0 Å². The lowest BCUT2D eigenvalue weighted by Crippen LogP contribution is -1.94. The van der Waals surface area contributed by atoms with Gasteiger partial charge < -0.3 is 5.11 Å². The van der Waals surface area contributed by atoms with Gasteiger partial charge in [-0.05, 0) is 5.92 Å². The van der Waals surface area contributed by atoms with Gasteiger partial charge in [0.1, 0.15) is 5.69 Å². The molecule has 50 valence electrons. The van der Waals surface area contributed by atoms with Crippen LogP contribution in [0.4, 0.5) is 0 Å². The van der Waals surface area contributed by atoms with Gasteiger partial charge in [-0.15, -0.1) is 17.8 Å². The van der Waals surface area contributed by atoms with Crippen LogP contribution in [-0.4, -0.2) is 16.1 Å². The summed E-state index contributed by atoms with van der Waals surface area (Å²) >= 11 is 1.03. The number of carboxylic acid groups (broad SMARTS) is 1. The van der Waals surface area contributed by atoms with E-state index < -0.39 is 5.97 Å². The van der Waals surface area contributed by atoms with Crippen molar-refractivity contribution in [3.05, 3.63) is 16.1 Å². The van der Waals surface area contributed by atoms with Gasteiger partial charge in [-0.3, -0.25) is 0 Å². The van der Waals surface area contributed by atoms with Crippen LogP contribution in [0.3, 0.4) is 0 Å². The Morgan fingerprint density at radius 1 is 1.90 bits per heavy atom. The summed E-state index contributed by atoms with van der Waals surface area (Å²) in [7, 11) is 0. The number of carbonyl (C=O) groups is 1. The van der Waals surface area contributed by atoms with Crippen molar-refractivity contribution in [1.29, 1.82) is 0 Å². The Morgan fingerprint density at radius 2 is 2.60 bits per heavy atom. The molecule has 1 rings (SSSR count). The van der Waals surface area contributed by atoms with E-state index in [-0.39, 0.29) is 5.01 Å². The average molecular weight is 153 g/mol. The van der Waals surface area contributed by atoms with E-state index in [1.807, 2.05) is 0 Å². The Labute approximate surface area is 61.3 Å². The normalized spacial score (nSPS) is 8.70. The summed E-state index contributed by atoms with van der Waals surface area (Å²) in [5.74, 6) is 1.20. The summed E-state index contributed by atoms with van der Waals surface area (Å²) in [6.45, 7) is 0. The molecule has 10 heavy (non-hydrogen) atoms. The number of hydrogen-bond donors (Lipinski definition) is 1. The van der Waals surface area contributed by atoms with Crippen molar-refractivity contribution in [2.24, 2.45) is 0 Å². The molecular weight excluding hydrogens is 150 g/mol. The number of nitrogens with zero attached hydrogens (tertiary/aromatic N) is 1. The molecule has 0 aliphatic heterocycles. The summed E-state index contributed by atoms with van der Waals surface area (Å²) in [6.07, 6.45) is 4.96. The predicted molar refractivity (Wildman–Crippen MR) is 37.0 cm³/mol. The first-order valence-electron chi connectivity index (χ1n) is 2.39. The van der Waals surface area contributed by atoms with Crippen molar-refractivity contribution >= 4 is 17.3 Å². The van der Waals surface area contributed by atoms with Gasteiger partial charge in [-0.1, -0.05) is 0 Å². The molecule has 0 aliphatic rings. The molecular formula is C6H3NO2S. The Kier molecular flexibility index (Phi) is 1.69. The van der Waals surface area contributed by atoms with E-state index in [0.717, 1.165) is 11.3 Å². The molecule has 1 aromatic heterocycles.